The standard InChI is InChI=1S/C23H30N4O3/c1-16-13-17(2)25-23(24-16)26-20(14-18-7-5-4-6-8-18)22(29)27-11-9-19(10-12-27)15-21(28)30-3/h4-8,13,19-20H,9-12,14-15H2,1-3H3,(H,24,25,26)/t20-/m0/s1. The summed E-state index contributed by atoms with van der Waals surface area (Å²) in [6.07, 6.45) is 2.58. The normalized spacial score (nSPS) is 15.5. The van der Waals surface area contributed by atoms with E-state index in [-0.39, 0.29) is 17.8 Å². The number of esters is 1. The highest BCUT2D eigenvalue weighted by molar-refractivity contribution is 5.84. The van der Waals surface area contributed by atoms with Crippen LogP contribution < -0.4 is 5.32 Å². The molecule has 1 aliphatic rings. The summed E-state index contributed by atoms with van der Waals surface area (Å²) >= 11 is 0. The molecule has 160 valence electrons. The first-order valence-electron chi connectivity index (χ1n) is 10.4. The lowest BCUT2D eigenvalue weighted by Gasteiger charge is -2.34. The fraction of sp³-hybridized carbons (Fsp3) is 0.478. The number of hydrogen-bond acceptors (Lipinski definition) is 6. The van der Waals surface area contributed by atoms with E-state index in [0.29, 0.717) is 31.9 Å². The third-order valence-electron chi connectivity index (χ3n) is 5.48. The fourth-order valence-electron chi connectivity index (χ4n) is 3.89. The second-order valence-corrected chi connectivity index (χ2v) is 7.91. The van der Waals surface area contributed by atoms with Crippen molar-refractivity contribution < 1.29 is 14.3 Å². The number of ether oxygens (including phenoxy) is 1. The van der Waals surface area contributed by atoms with Gasteiger partial charge in [-0.2, -0.15) is 0 Å². The molecule has 1 aliphatic heterocycles. The van der Waals surface area contributed by atoms with E-state index in [9.17, 15) is 9.59 Å². The van der Waals surface area contributed by atoms with Gasteiger partial charge in [-0.05, 0) is 44.2 Å². The van der Waals surface area contributed by atoms with Crippen LogP contribution in [0.15, 0.2) is 36.4 Å². The monoisotopic (exact) mass is 410 g/mol. The van der Waals surface area contributed by atoms with Crippen LogP contribution in [0.2, 0.25) is 0 Å². The molecule has 1 aromatic carbocycles. The average molecular weight is 411 g/mol. The number of nitrogens with one attached hydrogen (secondary N) is 1. The summed E-state index contributed by atoms with van der Waals surface area (Å²) in [6.45, 7) is 5.11. The molecule has 1 fully saturated rings. The minimum Gasteiger partial charge on any atom is -0.469 e. The Labute approximate surface area is 177 Å². The third kappa shape index (κ3) is 6.02. The summed E-state index contributed by atoms with van der Waals surface area (Å²) in [7, 11) is 1.41. The first kappa shape index (κ1) is 21.7. The molecular weight excluding hydrogens is 380 g/mol. The zero-order chi connectivity index (χ0) is 21.5. The summed E-state index contributed by atoms with van der Waals surface area (Å²) in [5.74, 6) is 0.598. The number of likely N-dealkylation sites (tertiary alicyclic amines) is 1. The van der Waals surface area contributed by atoms with Crippen molar-refractivity contribution in [2.24, 2.45) is 5.92 Å². The quantitative estimate of drug-likeness (QED) is 0.707. The van der Waals surface area contributed by atoms with Gasteiger partial charge in [0.25, 0.3) is 0 Å². The van der Waals surface area contributed by atoms with Gasteiger partial charge in [0.15, 0.2) is 0 Å². The number of hydrogen-bond donors (Lipinski definition) is 1. The van der Waals surface area contributed by atoms with Crippen molar-refractivity contribution in [1.82, 2.24) is 14.9 Å². The minimum absolute atomic E-state index is 0.0399. The van der Waals surface area contributed by atoms with E-state index >= 15 is 0 Å². The van der Waals surface area contributed by atoms with Gasteiger partial charge in [0.1, 0.15) is 6.04 Å². The van der Waals surface area contributed by atoms with E-state index in [1.54, 1.807) is 0 Å². The van der Waals surface area contributed by atoms with Crippen molar-refractivity contribution in [2.75, 3.05) is 25.5 Å². The van der Waals surface area contributed by atoms with Crippen LogP contribution in [0.5, 0.6) is 0 Å². The maximum absolute atomic E-state index is 13.4. The topological polar surface area (TPSA) is 84.4 Å². The molecule has 1 aromatic heterocycles. The molecule has 7 nitrogen and oxygen atoms in total. The van der Waals surface area contributed by atoms with Gasteiger partial charge in [0, 0.05) is 37.3 Å². The molecule has 1 saturated heterocycles. The molecule has 2 heterocycles. The number of methoxy groups -OCH3 is 1. The second-order valence-electron chi connectivity index (χ2n) is 7.91. The second kappa shape index (κ2) is 10.2. The van der Waals surface area contributed by atoms with E-state index in [1.165, 1.54) is 7.11 Å². The molecule has 1 amide bonds. The molecule has 0 unspecified atom stereocenters. The van der Waals surface area contributed by atoms with Crippen LogP contribution in [-0.2, 0) is 20.7 Å². The van der Waals surface area contributed by atoms with Crippen molar-refractivity contribution >= 4 is 17.8 Å². The number of nitrogens with zero attached hydrogens (tertiary/aromatic N) is 3. The third-order valence-corrected chi connectivity index (χ3v) is 5.48. The van der Waals surface area contributed by atoms with Gasteiger partial charge in [-0.1, -0.05) is 30.3 Å². The lowest BCUT2D eigenvalue weighted by atomic mass is 9.93. The Morgan fingerprint density at radius 2 is 1.77 bits per heavy atom. The molecular formula is C23H30N4O3. The smallest absolute Gasteiger partial charge is 0.305 e. The molecule has 0 spiro atoms. The molecule has 3 rings (SSSR count). The molecule has 0 bridgehead atoms. The number of piperidine rings is 1. The summed E-state index contributed by atoms with van der Waals surface area (Å²) < 4.78 is 4.77. The van der Waals surface area contributed by atoms with Gasteiger partial charge in [0.2, 0.25) is 11.9 Å². The number of benzene rings is 1. The van der Waals surface area contributed by atoms with E-state index < -0.39 is 6.04 Å². The summed E-state index contributed by atoms with van der Waals surface area (Å²) in [4.78, 5) is 35.7. The highest BCUT2D eigenvalue weighted by Gasteiger charge is 2.30. The van der Waals surface area contributed by atoms with Gasteiger partial charge in [-0.15, -0.1) is 0 Å². The first-order chi connectivity index (χ1) is 14.4. The summed E-state index contributed by atoms with van der Waals surface area (Å²) in [5, 5.41) is 3.27. The molecule has 0 saturated carbocycles. The molecule has 1 atom stereocenters. The SMILES string of the molecule is COC(=O)CC1CCN(C(=O)[C@H](Cc2ccccc2)Nc2nc(C)cc(C)n2)CC1. The molecule has 1 N–H and O–H groups in total. The van der Waals surface area contributed by atoms with Crippen LogP contribution >= 0.6 is 0 Å². The number of aromatic nitrogens is 2. The molecule has 30 heavy (non-hydrogen) atoms. The average Bonchev–Trinajstić information content (AvgIpc) is 2.73. The lowest BCUT2D eigenvalue weighted by molar-refractivity contribution is -0.142. The number of amides is 1. The predicted molar refractivity (Wildman–Crippen MR) is 115 cm³/mol. The lowest BCUT2D eigenvalue weighted by Crippen LogP contribution is -2.47. The Hall–Kier alpha value is -2.96. The van der Waals surface area contributed by atoms with Crippen LogP contribution in [-0.4, -0.2) is 53.0 Å². The van der Waals surface area contributed by atoms with E-state index in [0.717, 1.165) is 29.8 Å². The number of aryl methyl sites for hydroxylation is 2. The van der Waals surface area contributed by atoms with E-state index in [1.807, 2.05) is 55.1 Å². The van der Waals surface area contributed by atoms with Crippen molar-refractivity contribution in [3.05, 3.63) is 53.3 Å². The molecule has 7 heteroatoms. The summed E-state index contributed by atoms with van der Waals surface area (Å²) in [5.41, 5.74) is 2.80. The van der Waals surface area contributed by atoms with Crippen LogP contribution in [0.4, 0.5) is 5.95 Å². The Kier molecular flexibility index (Phi) is 7.38. The van der Waals surface area contributed by atoms with Crippen molar-refractivity contribution in [3.8, 4) is 0 Å². The van der Waals surface area contributed by atoms with Crippen molar-refractivity contribution in [2.45, 2.75) is 45.6 Å². The van der Waals surface area contributed by atoms with Gasteiger partial charge in [-0.25, -0.2) is 9.97 Å². The van der Waals surface area contributed by atoms with Gasteiger partial charge in [0.05, 0.1) is 7.11 Å². The van der Waals surface area contributed by atoms with E-state index in [2.05, 4.69) is 15.3 Å². The van der Waals surface area contributed by atoms with Gasteiger partial charge >= 0.3 is 5.97 Å². The molecule has 0 aliphatic carbocycles. The largest absolute Gasteiger partial charge is 0.469 e. The zero-order valence-electron chi connectivity index (χ0n) is 17.9. The number of carbonyl (C=O) groups is 2. The van der Waals surface area contributed by atoms with Crippen molar-refractivity contribution in [1.29, 1.82) is 0 Å². The minimum atomic E-state index is -0.453. The Morgan fingerprint density at radius 1 is 1.13 bits per heavy atom. The molecule has 0 radical (unpaired) electrons. The van der Waals surface area contributed by atoms with Crippen LogP contribution in [0.3, 0.4) is 0 Å². The fourth-order valence-corrected chi connectivity index (χ4v) is 3.89. The predicted octanol–water partition coefficient (Wildman–Crippen LogP) is 2.92. The Balaban J connectivity index is 1.71. The number of carbonyl (C=O) groups excluding carboxylic acids is 2. The van der Waals surface area contributed by atoms with Crippen molar-refractivity contribution in [3.63, 3.8) is 0 Å². The zero-order valence-corrected chi connectivity index (χ0v) is 17.9. The van der Waals surface area contributed by atoms with Gasteiger partial charge in [-0.3, -0.25) is 9.59 Å². The van der Waals surface area contributed by atoms with Crippen LogP contribution in [0.1, 0.15) is 36.2 Å². The summed E-state index contributed by atoms with van der Waals surface area (Å²) in [6, 6.07) is 11.4. The maximum Gasteiger partial charge on any atom is 0.305 e. The first-order valence-corrected chi connectivity index (χ1v) is 10.4. The Morgan fingerprint density at radius 3 is 2.37 bits per heavy atom. The van der Waals surface area contributed by atoms with E-state index in [4.69, 9.17) is 4.74 Å². The van der Waals surface area contributed by atoms with Crippen LogP contribution in [0.25, 0.3) is 0 Å². The molecule has 2 aromatic rings. The Bertz CT molecular complexity index is 844. The number of anilines is 1. The highest BCUT2D eigenvalue weighted by Crippen LogP contribution is 2.22. The van der Waals surface area contributed by atoms with Crippen LogP contribution in [0, 0.1) is 19.8 Å². The van der Waals surface area contributed by atoms with Gasteiger partial charge < -0.3 is 15.0 Å². The highest BCUT2D eigenvalue weighted by atomic mass is 16.5. The maximum atomic E-state index is 13.4. The number of rotatable bonds is 7.